The molecule has 0 unspecified atom stereocenters. The van der Waals surface area contributed by atoms with Crippen molar-refractivity contribution in [2.75, 3.05) is 39.8 Å². The van der Waals surface area contributed by atoms with E-state index >= 15 is 0 Å². The Kier molecular flexibility index (Phi) is 17.5. The first-order valence-electron chi connectivity index (χ1n) is 21.2. The molecular weight excluding hydrogens is 762 g/mol. The van der Waals surface area contributed by atoms with Crippen molar-refractivity contribution >= 4 is 29.8 Å². The third kappa shape index (κ3) is 13.8. The van der Waals surface area contributed by atoms with Gasteiger partial charge in [0, 0.05) is 76.7 Å². The van der Waals surface area contributed by atoms with Crippen LogP contribution in [0.3, 0.4) is 0 Å². The van der Waals surface area contributed by atoms with Gasteiger partial charge in [-0.2, -0.15) is 0 Å². The van der Waals surface area contributed by atoms with Crippen LogP contribution in [-0.4, -0.2) is 147 Å². The molecule has 2 fully saturated rings. The molecule has 0 aromatic carbocycles. The highest BCUT2D eigenvalue weighted by Crippen LogP contribution is 2.38. The number of carbonyl (C=O) groups excluding carboxylic acids is 5. The van der Waals surface area contributed by atoms with Crippen molar-refractivity contribution in [2.24, 2.45) is 11.8 Å². The van der Waals surface area contributed by atoms with E-state index in [2.05, 4.69) is 0 Å². The summed E-state index contributed by atoms with van der Waals surface area (Å²) in [7, 11) is 1.51. The molecule has 4 heterocycles. The summed E-state index contributed by atoms with van der Waals surface area (Å²) >= 11 is 0. The minimum atomic E-state index is -1.18. The summed E-state index contributed by atoms with van der Waals surface area (Å²) in [5.74, 6) is -1.62. The number of unbranched alkanes of at least 4 members (excludes halogenated alkanes) is 2. The van der Waals surface area contributed by atoms with E-state index in [1.54, 1.807) is 48.0 Å². The number of methoxy groups -OCH3 is 1. The Bertz CT molecular complexity index is 1580. The van der Waals surface area contributed by atoms with Crippen molar-refractivity contribution in [1.29, 1.82) is 0 Å². The monoisotopic (exact) mass is 829 g/mol. The Morgan fingerprint density at radius 3 is 2.37 bits per heavy atom. The van der Waals surface area contributed by atoms with Crippen molar-refractivity contribution < 1.29 is 58.2 Å². The molecule has 4 aliphatic rings. The number of ether oxygens (including phenoxy) is 4. The average molecular weight is 830 g/mol. The molecule has 59 heavy (non-hydrogen) atoms. The van der Waals surface area contributed by atoms with E-state index in [-0.39, 0.29) is 68.2 Å². The number of rotatable bonds is 16. The molecule has 15 nitrogen and oxygen atoms in total. The number of hydrogen-bond donors (Lipinski definition) is 3. The van der Waals surface area contributed by atoms with Crippen LogP contribution in [0.5, 0.6) is 0 Å². The quantitative estimate of drug-likeness (QED) is 0.0506. The maximum absolute atomic E-state index is 13.6. The van der Waals surface area contributed by atoms with Crippen LogP contribution in [0.1, 0.15) is 99.3 Å². The molecule has 0 spiro atoms. The highest BCUT2D eigenvalue weighted by Gasteiger charge is 2.47. The topological polar surface area (TPSA) is 196 Å². The fourth-order valence-corrected chi connectivity index (χ4v) is 7.86. The Balaban J connectivity index is 1.36. The van der Waals surface area contributed by atoms with Crippen molar-refractivity contribution in [3.8, 4) is 0 Å². The van der Waals surface area contributed by atoms with Crippen LogP contribution in [-0.2, 0) is 38.1 Å². The van der Waals surface area contributed by atoms with Gasteiger partial charge in [-0.05, 0) is 64.5 Å². The first-order chi connectivity index (χ1) is 27.9. The summed E-state index contributed by atoms with van der Waals surface area (Å²) in [4.78, 5) is 67.5. The molecule has 0 radical (unpaired) electrons. The van der Waals surface area contributed by atoms with Crippen molar-refractivity contribution in [3.63, 3.8) is 0 Å². The van der Waals surface area contributed by atoms with Crippen LogP contribution in [0.2, 0.25) is 0 Å². The Hall–Kier alpha value is -3.89. The maximum Gasteiger partial charge on any atom is 0.410 e. The number of allylic oxidation sites excluding steroid dienone is 2. The molecule has 0 aromatic rings. The normalized spacial score (nSPS) is 31.0. The number of carbonyl (C=O) groups is 5. The first kappa shape index (κ1) is 47.8. The van der Waals surface area contributed by atoms with Gasteiger partial charge < -0.3 is 44.1 Å². The molecule has 4 aliphatic heterocycles. The summed E-state index contributed by atoms with van der Waals surface area (Å²) in [6, 6.07) is 0. The van der Waals surface area contributed by atoms with Gasteiger partial charge >= 0.3 is 12.1 Å². The van der Waals surface area contributed by atoms with E-state index in [9.17, 15) is 39.3 Å². The molecule has 10 atom stereocenters. The van der Waals surface area contributed by atoms with Crippen LogP contribution < -0.4 is 0 Å². The molecule has 330 valence electrons. The van der Waals surface area contributed by atoms with Crippen LogP contribution in [0, 0.1) is 11.8 Å². The fourth-order valence-electron chi connectivity index (χ4n) is 7.86. The fraction of sp³-hybridized carbons (Fsp3) is 0.705. The molecule has 0 aliphatic carbocycles. The number of hydrogen-bond acceptors (Lipinski definition) is 12. The number of cyclic esters (lactones) is 1. The summed E-state index contributed by atoms with van der Waals surface area (Å²) in [5, 5.41) is 32.1. The second kappa shape index (κ2) is 21.6. The smallest absolute Gasteiger partial charge is 0.410 e. The zero-order valence-corrected chi connectivity index (χ0v) is 35.9. The zero-order chi connectivity index (χ0) is 43.5. The van der Waals surface area contributed by atoms with Gasteiger partial charge in [0.1, 0.15) is 11.7 Å². The number of epoxide rings is 1. The lowest BCUT2D eigenvalue weighted by molar-refractivity contribution is -0.151. The van der Waals surface area contributed by atoms with Gasteiger partial charge in [0.2, 0.25) is 5.91 Å². The summed E-state index contributed by atoms with van der Waals surface area (Å²) in [6.07, 6.45) is 10.8. The van der Waals surface area contributed by atoms with Gasteiger partial charge in [-0.3, -0.25) is 24.1 Å². The lowest BCUT2D eigenvalue weighted by atomic mass is 9.88. The Morgan fingerprint density at radius 2 is 1.73 bits per heavy atom. The van der Waals surface area contributed by atoms with Gasteiger partial charge in [0.15, 0.2) is 6.10 Å². The lowest BCUT2D eigenvalue weighted by Gasteiger charge is -2.38. The highest BCUT2D eigenvalue weighted by molar-refractivity contribution is 6.12. The van der Waals surface area contributed by atoms with Gasteiger partial charge in [0.05, 0.1) is 36.4 Å². The predicted molar refractivity (Wildman–Crippen MR) is 218 cm³/mol. The SMILES string of the molecule is CC[C@H](O)[C@@H](C)[C@H]1O[C@@H]1C[C@@](C)(O)/C=C/C=C(\C)[C@H]1OC(=O)C[C@H](O)CC[C@@](C)(OC)[C@@H](OC(=O)N2CCN(C(=O)CCCCCN3C(=O)C=CC3=O)CC2)/C=C\[C@@H]1C. The highest BCUT2D eigenvalue weighted by atomic mass is 16.6. The summed E-state index contributed by atoms with van der Waals surface area (Å²) < 4.78 is 23.7. The van der Waals surface area contributed by atoms with Crippen molar-refractivity contribution in [1.82, 2.24) is 14.7 Å². The maximum atomic E-state index is 13.6. The van der Waals surface area contributed by atoms with E-state index in [4.69, 9.17) is 18.9 Å². The number of imide groups is 1. The lowest BCUT2D eigenvalue weighted by Crippen LogP contribution is -2.52. The van der Waals surface area contributed by atoms with E-state index in [0.29, 0.717) is 63.7 Å². The second-order valence-corrected chi connectivity index (χ2v) is 17.0. The van der Waals surface area contributed by atoms with Gasteiger partial charge in [-0.25, -0.2) is 4.79 Å². The standard InChI is InChI=1S/C44H67N3O12/c1-8-33(49)31(4)41-34(57-41)28-43(5,55)20-12-13-29(2)40-30(3)15-16-35(44(6,56-7)21-19-32(48)27-39(53)59-40)58-42(54)46-25-23-45(24-26-46)36(50)14-10-9-11-22-47-37(51)17-18-38(47)52/h12-13,15-18,20,30-35,40-41,48-49,55H,8-11,14,19,21-28H2,1-7H3/b16-15-,20-12+,29-13+/t30-,31+,32+,33-,34+,35-,40+,41+,43-,44+/m0/s1. The van der Waals surface area contributed by atoms with Crippen LogP contribution in [0.4, 0.5) is 4.79 Å². The molecular formula is C44H67N3O12. The van der Waals surface area contributed by atoms with Crippen LogP contribution in [0.25, 0.3) is 0 Å². The number of piperazine rings is 1. The van der Waals surface area contributed by atoms with Crippen molar-refractivity contribution in [2.45, 2.75) is 147 Å². The zero-order valence-electron chi connectivity index (χ0n) is 35.9. The van der Waals surface area contributed by atoms with E-state index in [0.717, 1.165) is 0 Å². The van der Waals surface area contributed by atoms with E-state index in [1.807, 2.05) is 33.8 Å². The van der Waals surface area contributed by atoms with Crippen molar-refractivity contribution in [3.05, 3.63) is 48.1 Å². The molecule has 4 amide bonds. The molecule has 0 saturated carbocycles. The minimum absolute atomic E-state index is 0.0183. The van der Waals surface area contributed by atoms with Gasteiger partial charge in [-0.1, -0.05) is 51.5 Å². The molecule has 0 bridgehead atoms. The number of amides is 4. The van der Waals surface area contributed by atoms with E-state index < -0.39 is 53.6 Å². The number of nitrogens with zero attached hydrogens (tertiary/aromatic N) is 3. The first-order valence-corrected chi connectivity index (χ1v) is 21.2. The van der Waals surface area contributed by atoms with Crippen LogP contribution >= 0.6 is 0 Å². The van der Waals surface area contributed by atoms with Crippen LogP contribution in [0.15, 0.2) is 48.1 Å². The molecule has 15 heteroatoms. The predicted octanol–water partition coefficient (Wildman–Crippen LogP) is 3.99. The minimum Gasteiger partial charge on any atom is -0.457 e. The third-order valence-electron chi connectivity index (χ3n) is 12.1. The largest absolute Gasteiger partial charge is 0.457 e. The number of esters is 1. The van der Waals surface area contributed by atoms with Gasteiger partial charge in [-0.15, -0.1) is 0 Å². The molecule has 0 aromatic heterocycles. The van der Waals surface area contributed by atoms with Gasteiger partial charge in [0.25, 0.3) is 11.8 Å². The molecule has 4 rings (SSSR count). The summed E-state index contributed by atoms with van der Waals surface area (Å²) in [6.45, 7) is 12.6. The average Bonchev–Trinajstić information content (AvgIpc) is 3.89. The Morgan fingerprint density at radius 1 is 1.07 bits per heavy atom. The molecule has 2 saturated heterocycles. The Labute approximate surface area is 349 Å². The molecule has 3 N–H and O–H groups in total. The number of aliphatic hydroxyl groups is 3. The van der Waals surface area contributed by atoms with E-state index in [1.165, 1.54) is 24.2 Å². The number of aliphatic hydroxyl groups excluding tert-OH is 2. The third-order valence-corrected chi connectivity index (χ3v) is 12.1. The summed E-state index contributed by atoms with van der Waals surface area (Å²) in [5.41, 5.74) is -1.54. The second-order valence-electron chi connectivity index (χ2n) is 17.0.